The van der Waals surface area contributed by atoms with Crippen LogP contribution in [0.1, 0.15) is 13.8 Å². The molecule has 0 aliphatic heterocycles. The van der Waals surface area contributed by atoms with Crippen molar-refractivity contribution in [2.45, 2.75) is 23.6 Å². The Morgan fingerprint density at radius 3 is 2.39 bits per heavy atom. The summed E-state index contributed by atoms with van der Waals surface area (Å²) in [7, 11) is 0. The topological polar surface area (TPSA) is 36.4 Å². The van der Waals surface area contributed by atoms with Crippen LogP contribution >= 0.6 is 58.9 Å². The van der Waals surface area contributed by atoms with Gasteiger partial charge in [-0.25, -0.2) is 4.98 Å². The van der Waals surface area contributed by atoms with Gasteiger partial charge in [0.15, 0.2) is 5.13 Å². The molecule has 0 aliphatic rings. The largest absolute Gasteiger partial charge is 0.302 e. The molecule has 0 atom stereocenters. The molecule has 0 fully saturated rings. The molecule has 0 radical (unpaired) electrons. The molecule has 0 saturated heterocycles. The number of carbonyl (C=O) groups is 1. The molecule has 4 nitrogen and oxygen atoms in total. The van der Waals surface area contributed by atoms with Crippen molar-refractivity contribution in [1.82, 2.24) is 9.88 Å². The third kappa shape index (κ3) is 7.27. The Kier molecular flexibility index (Phi) is 11.0. The van der Waals surface area contributed by atoms with Crippen molar-refractivity contribution < 1.29 is 4.79 Å². The third-order valence-electron chi connectivity index (χ3n) is 4.83. The van der Waals surface area contributed by atoms with E-state index in [1.54, 1.807) is 23.1 Å². The van der Waals surface area contributed by atoms with Crippen molar-refractivity contribution in [3.63, 3.8) is 0 Å². The minimum Gasteiger partial charge on any atom is -0.302 e. The highest BCUT2D eigenvalue weighted by Gasteiger charge is 2.21. The maximum Gasteiger partial charge on any atom is 0.239 e. The van der Waals surface area contributed by atoms with Gasteiger partial charge >= 0.3 is 0 Å². The fourth-order valence-electron chi connectivity index (χ4n) is 3.00. The first kappa shape index (κ1) is 26.3. The van der Waals surface area contributed by atoms with E-state index in [4.69, 9.17) is 16.6 Å². The van der Waals surface area contributed by atoms with Crippen molar-refractivity contribution in [2.24, 2.45) is 0 Å². The van der Waals surface area contributed by atoms with Gasteiger partial charge in [0.2, 0.25) is 5.91 Å². The number of benzene rings is 2. The third-order valence-corrected chi connectivity index (χ3v) is 7.84. The molecule has 3 rings (SSSR count). The van der Waals surface area contributed by atoms with E-state index in [0.717, 1.165) is 39.9 Å². The minimum absolute atomic E-state index is 0. The Bertz CT molecular complexity index is 978. The van der Waals surface area contributed by atoms with Gasteiger partial charge in [-0.3, -0.25) is 9.69 Å². The second-order valence-corrected chi connectivity index (χ2v) is 10.0. The fraction of sp³-hybridized carbons (Fsp3) is 0.364. The summed E-state index contributed by atoms with van der Waals surface area (Å²) in [5, 5.41) is 1.47. The maximum absolute atomic E-state index is 13.2. The molecule has 0 spiro atoms. The number of hydrogen-bond acceptors (Lipinski definition) is 6. The number of carbonyl (C=O) groups excluding carboxylic acids is 1. The predicted octanol–water partition coefficient (Wildman–Crippen LogP) is 6.56. The van der Waals surface area contributed by atoms with E-state index in [9.17, 15) is 4.79 Å². The predicted molar refractivity (Wildman–Crippen MR) is 141 cm³/mol. The summed E-state index contributed by atoms with van der Waals surface area (Å²) in [5.41, 5.74) is 0.943. The van der Waals surface area contributed by atoms with Crippen molar-refractivity contribution in [3.05, 3.63) is 47.5 Å². The van der Waals surface area contributed by atoms with Crippen LogP contribution in [0.5, 0.6) is 0 Å². The summed E-state index contributed by atoms with van der Waals surface area (Å²) in [6, 6.07) is 13.9. The van der Waals surface area contributed by atoms with E-state index in [0.29, 0.717) is 17.3 Å². The van der Waals surface area contributed by atoms with Crippen LogP contribution in [-0.4, -0.2) is 54.0 Å². The first-order chi connectivity index (χ1) is 14.5. The average Bonchev–Trinajstić information content (AvgIpc) is 3.19. The molecule has 1 heterocycles. The van der Waals surface area contributed by atoms with Gasteiger partial charge < -0.3 is 4.90 Å². The Morgan fingerprint density at radius 1 is 1.06 bits per heavy atom. The number of anilines is 1. The summed E-state index contributed by atoms with van der Waals surface area (Å²) in [6.45, 7) is 7.69. The Labute approximate surface area is 208 Å². The van der Waals surface area contributed by atoms with E-state index in [-0.39, 0.29) is 18.3 Å². The number of aromatic nitrogens is 1. The standard InChI is InChI=1S/C22H26ClN3OS3.ClH/c1-4-25(5-2)12-13-26(21(27)15-29-17-8-6-16(23)7-9-17)22-24-19-11-10-18(28-3)14-20(19)30-22;/h6-11,14H,4-5,12-13,15H2,1-3H3;1H. The first-order valence-electron chi connectivity index (χ1n) is 9.89. The molecule has 1 aromatic heterocycles. The van der Waals surface area contributed by atoms with Crippen LogP contribution in [0.25, 0.3) is 10.2 Å². The van der Waals surface area contributed by atoms with Gasteiger partial charge in [-0.1, -0.05) is 36.8 Å². The van der Waals surface area contributed by atoms with Crippen LogP contribution < -0.4 is 4.90 Å². The molecule has 0 unspecified atom stereocenters. The zero-order valence-electron chi connectivity index (χ0n) is 17.8. The smallest absolute Gasteiger partial charge is 0.239 e. The first-order valence-corrected chi connectivity index (χ1v) is 13.3. The minimum atomic E-state index is 0. The number of halogens is 2. The molecule has 0 saturated carbocycles. The lowest BCUT2D eigenvalue weighted by molar-refractivity contribution is -0.116. The molecular formula is C22H27Cl2N3OS3. The second kappa shape index (κ2) is 12.9. The van der Waals surface area contributed by atoms with E-state index < -0.39 is 0 Å². The van der Waals surface area contributed by atoms with Gasteiger partial charge in [0.25, 0.3) is 0 Å². The summed E-state index contributed by atoms with van der Waals surface area (Å²) < 4.78 is 1.11. The van der Waals surface area contributed by atoms with Gasteiger partial charge in [0.1, 0.15) is 0 Å². The zero-order chi connectivity index (χ0) is 21.5. The number of thiazole rings is 1. The average molecular weight is 517 g/mol. The van der Waals surface area contributed by atoms with Crippen LogP contribution in [0.15, 0.2) is 52.3 Å². The molecule has 0 N–H and O–H groups in total. The van der Waals surface area contributed by atoms with Crippen LogP contribution in [0.3, 0.4) is 0 Å². The van der Waals surface area contributed by atoms with Gasteiger partial charge in [-0.2, -0.15) is 0 Å². The summed E-state index contributed by atoms with van der Waals surface area (Å²) in [4.78, 5) is 24.4. The fourth-order valence-corrected chi connectivity index (χ4v) is 5.46. The Balaban J connectivity index is 0.00000341. The lowest BCUT2D eigenvalue weighted by atomic mass is 10.3. The Hall–Kier alpha value is -0.960. The van der Waals surface area contributed by atoms with Crippen molar-refractivity contribution in [3.8, 4) is 0 Å². The molecule has 0 bridgehead atoms. The van der Waals surface area contributed by atoms with Gasteiger partial charge in [-0.05, 0) is 61.8 Å². The lowest BCUT2D eigenvalue weighted by Gasteiger charge is -2.24. The highest BCUT2D eigenvalue weighted by atomic mass is 35.5. The maximum atomic E-state index is 13.2. The van der Waals surface area contributed by atoms with Crippen molar-refractivity contribution in [1.29, 1.82) is 0 Å². The van der Waals surface area contributed by atoms with Crippen molar-refractivity contribution in [2.75, 3.05) is 43.1 Å². The van der Waals surface area contributed by atoms with Crippen LogP contribution in [0, 0.1) is 0 Å². The SMILES string of the molecule is CCN(CC)CCN(C(=O)CSc1ccc(Cl)cc1)c1nc2ccc(SC)cc2s1.Cl. The Morgan fingerprint density at radius 2 is 1.74 bits per heavy atom. The second-order valence-electron chi connectivity index (χ2n) is 6.64. The monoisotopic (exact) mass is 515 g/mol. The highest BCUT2D eigenvalue weighted by molar-refractivity contribution is 8.00. The number of likely N-dealkylation sites (N-methyl/N-ethyl adjacent to an activating group) is 1. The number of hydrogen-bond donors (Lipinski definition) is 0. The van der Waals surface area contributed by atoms with E-state index in [1.807, 2.05) is 35.2 Å². The summed E-state index contributed by atoms with van der Waals surface area (Å²) in [5.74, 6) is 0.442. The normalized spacial score (nSPS) is 11.0. The van der Waals surface area contributed by atoms with E-state index in [2.05, 4.69) is 37.1 Å². The number of rotatable bonds is 10. The quantitative estimate of drug-likeness (QED) is 0.285. The zero-order valence-corrected chi connectivity index (χ0v) is 21.9. The molecular weight excluding hydrogens is 489 g/mol. The van der Waals surface area contributed by atoms with Gasteiger partial charge in [-0.15, -0.1) is 35.9 Å². The molecule has 168 valence electrons. The summed E-state index contributed by atoms with van der Waals surface area (Å²) in [6.07, 6.45) is 2.07. The van der Waals surface area contributed by atoms with E-state index >= 15 is 0 Å². The molecule has 1 amide bonds. The van der Waals surface area contributed by atoms with Crippen LogP contribution in [0.4, 0.5) is 5.13 Å². The lowest BCUT2D eigenvalue weighted by Crippen LogP contribution is -2.39. The number of fused-ring (bicyclic) bond motifs is 1. The van der Waals surface area contributed by atoms with E-state index in [1.165, 1.54) is 16.7 Å². The number of nitrogens with zero attached hydrogens (tertiary/aromatic N) is 3. The molecule has 2 aromatic carbocycles. The molecule has 9 heteroatoms. The number of amides is 1. The molecule has 3 aromatic rings. The van der Waals surface area contributed by atoms with Gasteiger partial charge in [0.05, 0.1) is 16.0 Å². The van der Waals surface area contributed by atoms with Crippen LogP contribution in [0.2, 0.25) is 5.02 Å². The highest BCUT2D eigenvalue weighted by Crippen LogP contribution is 2.32. The van der Waals surface area contributed by atoms with Gasteiger partial charge in [0, 0.05) is 27.9 Å². The number of thioether (sulfide) groups is 2. The molecule has 31 heavy (non-hydrogen) atoms. The molecule has 0 aliphatic carbocycles. The summed E-state index contributed by atoms with van der Waals surface area (Å²) >= 11 is 10.8. The van der Waals surface area contributed by atoms with Crippen LogP contribution in [-0.2, 0) is 4.79 Å². The van der Waals surface area contributed by atoms with Crippen molar-refractivity contribution >= 4 is 80.1 Å².